The predicted octanol–water partition coefficient (Wildman–Crippen LogP) is 1.85. The Morgan fingerprint density at radius 2 is 2.06 bits per heavy atom. The summed E-state index contributed by atoms with van der Waals surface area (Å²) in [6, 6.07) is 10.1. The van der Waals surface area contributed by atoms with Crippen LogP contribution in [0.4, 0.5) is 0 Å². The molecule has 3 nitrogen and oxygen atoms in total. The van der Waals surface area contributed by atoms with E-state index in [1.807, 2.05) is 30.1 Å². The van der Waals surface area contributed by atoms with E-state index < -0.39 is 11.3 Å². The lowest BCUT2D eigenvalue weighted by atomic mass is 10.1. The zero-order valence-corrected chi connectivity index (χ0v) is 10.0. The predicted molar refractivity (Wildman–Crippen MR) is 64.9 cm³/mol. The highest BCUT2D eigenvalue weighted by molar-refractivity contribution is 6.29. The topological polar surface area (TPSA) is 40.5 Å². The zero-order chi connectivity index (χ0) is 12.0. The van der Waals surface area contributed by atoms with Crippen LogP contribution in [0.15, 0.2) is 30.3 Å². The fraction of sp³-hybridized carbons (Fsp3) is 0.417. The van der Waals surface area contributed by atoms with Gasteiger partial charge in [0.05, 0.1) is 0 Å². The molecule has 1 aromatic rings. The van der Waals surface area contributed by atoms with Crippen LogP contribution in [0.25, 0.3) is 0 Å². The molecule has 1 N–H and O–H groups in total. The van der Waals surface area contributed by atoms with Crippen LogP contribution < -0.4 is 0 Å². The first-order chi connectivity index (χ1) is 7.59. The number of carbonyl (C=O) groups is 1. The van der Waals surface area contributed by atoms with Gasteiger partial charge in [0.1, 0.15) is 5.38 Å². The molecular formula is C12H16ClNO2. The van der Waals surface area contributed by atoms with E-state index in [2.05, 4.69) is 12.1 Å². The van der Waals surface area contributed by atoms with E-state index >= 15 is 0 Å². The third-order valence-electron chi connectivity index (χ3n) is 2.36. The molecule has 0 aliphatic carbocycles. The summed E-state index contributed by atoms with van der Waals surface area (Å²) < 4.78 is 0. The second kappa shape index (κ2) is 6.51. The maximum atomic E-state index is 10.6. The van der Waals surface area contributed by atoms with E-state index in [-0.39, 0.29) is 0 Å². The van der Waals surface area contributed by atoms with Crippen LogP contribution >= 0.6 is 11.6 Å². The number of nitrogens with zero attached hydrogens (tertiary/aromatic N) is 1. The van der Waals surface area contributed by atoms with Crippen molar-refractivity contribution in [3.05, 3.63) is 35.9 Å². The van der Waals surface area contributed by atoms with Gasteiger partial charge in [-0.1, -0.05) is 30.3 Å². The molecule has 16 heavy (non-hydrogen) atoms. The van der Waals surface area contributed by atoms with Gasteiger partial charge in [-0.25, -0.2) is 0 Å². The van der Waals surface area contributed by atoms with Gasteiger partial charge < -0.3 is 10.0 Å². The second-order valence-corrected chi connectivity index (χ2v) is 4.33. The highest BCUT2D eigenvalue weighted by Crippen LogP contribution is 2.03. The normalized spacial score (nSPS) is 12.7. The molecule has 1 aromatic carbocycles. The summed E-state index contributed by atoms with van der Waals surface area (Å²) in [4.78, 5) is 12.5. The minimum atomic E-state index is -0.965. The van der Waals surface area contributed by atoms with Gasteiger partial charge in [0.2, 0.25) is 0 Å². The van der Waals surface area contributed by atoms with Crippen LogP contribution in [0.2, 0.25) is 0 Å². The summed E-state index contributed by atoms with van der Waals surface area (Å²) in [7, 11) is 1.88. The standard InChI is InChI=1S/C12H16ClNO2/c1-14(9-11(13)12(15)16)8-7-10-5-3-2-4-6-10/h2-6,11H,7-9H2,1H3,(H,15,16). The average molecular weight is 242 g/mol. The largest absolute Gasteiger partial charge is 0.480 e. The van der Waals surface area contributed by atoms with E-state index in [9.17, 15) is 4.79 Å². The molecule has 0 aliphatic rings. The highest BCUT2D eigenvalue weighted by atomic mass is 35.5. The van der Waals surface area contributed by atoms with Crippen molar-refractivity contribution in [3.63, 3.8) is 0 Å². The monoisotopic (exact) mass is 241 g/mol. The van der Waals surface area contributed by atoms with Crippen molar-refractivity contribution in [2.75, 3.05) is 20.1 Å². The van der Waals surface area contributed by atoms with Crippen molar-refractivity contribution in [2.24, 2.45) is 0 Å². The van der Waals surface area contributed by atoms with Crippen LogP contribution in [-0.4, -0.2) is 41.5 Å². The molecule has 0 saturated heterocycles. The molecule has 1 rings (SSSR count). The van der Waals surface area contributed by atoms with E-state index in [4.69, 9.17) is 16.7 Å². The number of carboxylic acid groups (broad SMARTS) is 1. The minimum absolute atomic E-state index is 0.365. The number of alkyl halides is 1. The van der Waals surface area contributed by atoms with E-state index in [0.717, 1.165) is 13.0 Å². The summed E-state index contributed by atoms with van der Waals surface area (Å²) in [5.41, 5.74) is 1.25. The van der Waals surface area contributed by atoms with Gasteiger partial charge in [-0.05, 0) is 19.0 Å². The van der Waals surface area contributed by atoms with Crippen molar-refractivity contribution >= 4 is 17.6 Å². The van der Waals surface area contributed by atoms with Crippen LogP contribution in [0.1, 0.15) is 5.56 Å². The summed E-state index contributed by atoms with van der Waals surface area (Å²) in [6.07, 6.45) is 0.903. The molecule has 0 radical (unpaired) electrons. The molecule has 0 heterocycles. The van der Waals surface area contributed by atoms with E-state index in [1.165, 1.54) is 5.56 Å². The molecular weight excluding hydrogens is 226 g/mol. The highest BCUT2D eigenvalue weighted by Gasteiger charge is 2.15. The van der Waals surface area contributed by atoms with Crippen molar-refractivity contribution in [2.45, 2.75) is 11.8 Å². The molecule has 0 aromatic heterocycles. The van der Waals surface area contributed by atoms with Crippen molar-refractivity contribution in [1.82, 2.24) is 4.90 Å². The van der Waals surface area contributed by atoms with Gasteiger partial charge in [-0.3, -0.25) is 4.79 Å². The Morgan fingerprint density at radius 3 is 2.62 bits per heavy atom. The SMILES string of the molecule is CN(CCc1ccccc1)CC(Cl)C(=O)O. The van der Waals surface area contributed by atoms with Gasteiger partial charge in [0.15, 0.2) is 0 Å². The summed E-state index contributed by atoms with van der Waals surface area (Å²) in [6.45, 7) is 1.17. The Morgan fingerprint density at radius 1 is 1.44 bits per heavy atom. The van der Waals surface area contributed by atoms with Gasteiger partial charge in [0.25, 0.3) is 0 Å². The molecule has 0 fully saturated rings. The van der Waals surface area contributed by atoms with Crippen molar-refractivity contribution < 1.29 is 9.90 Å². The Kier molecular flexibility index (Phi) is 5.29. The molecule has 1 unspecified atom stereocenters. The van der Waals surface area contributed by atoms with E-state index in [1.54, 1.807) is 0 Å². The average Bonchev–Trinajstić information content (AvgIpc) is 2.27. The molecule has 0 aliphatic heterocycles. The fourth-order valence-electron chi connectivity index (χ4n) is 1.41. The zero-order valence-electron chi connectivity index (χ0n) is 9.27. The van der Waals surface area contributed by atoms with Gasteiger partial charge in [-0.2, -0.15) is 0 Å². The quantitative estimate of drug-likeness (QED) is 0.773. The Labute approximate surface area is 101 Å². The lowest BCUT2D eigenvalue weighted by Crippen LogP contribution is -2.32. The van der Waals surface area contributed by atoms with Crippen LogP contribution in [-0.2, 0) is 11.2 Å². The maximum Gasteiger partial charge on any atom is 0.322 e. The van der Waals surface area contributed by atoms with Gasteiger partial charge >= 0.3 is 5.97 Å². The first kappa shape index (κ1) is 13.0. The Balaban J connectivity index is 2.30. The number of benzene rings is 1. The molecule has 4 heteroatoms. The first-order valence-corrected chi connectivity index (χ1v) is 5.62. The number of aliphatic carboxylic acids is 1. The molecule has 0 bridgehead atoms. The summed E-state index contributed by atoms with van der Waals surface area (Å²) in [5, 5.41) is 7.82. The molecule has 0 amide bonds. The maximum absolute atomic E-state index is 10.6. The van der Waals surface area contributed by atoms with E-state index in [0.29, 0.717) is 6.54 Å². The summed E-state index contributed by atoms with van der Waals surface area (Å²) in [5.74, 6) is -0.965. The van der Waals surface area contributed by atoms with Crippen LogP contribution in [0.5, 0.6) is 0 Å². The molecule has 88 valence electrons. The number of halogens is 1. The van der Waals surface area contributed by atoms with Crippen LogP contribution in [0, 0.1) is 0 Å². The van der Waals surface area contributed by atoms with Gasteiger partial charge in [-0.15, -0.1) is 11.6 Å². The second-order valence-electron chi connectivity index (χ2n) is 3.80. The lowest BCUT2D eigenvalue weighted by molar-refractivity contribution is -0.136. The third-order valence-corrected chi connectivity index (χ3v) is 2.69. The smallest absolute Gasteiger partial charge is 0.322 e. The number of hydrogen-bond acceptors (Lipinski definition) is 2. The fourth-order valence-corrected chi connectivity index (χ4v) is 1.64. The number of hydrogen-bond donors (Lipinski definition) is 1. The minimum Gasteiger partial charge on any atom is -0.480 e. The summed E-state index contributed by atoms with van der Waals surface area (Å²) >= 11 is 5.65. The lowest BCUT2D eigenvalue weighted by Gasteiger charge is -2.17. The number of carboxylic acids is 1. The van der Waals surface area contributed by atoms with Crippen molar-refractivity contribution in [1.29, 1.82) is 0 Å². The number of rotatable bonds is 6. The molecule has 1 atom stereocenters. The van der Waals surface area contributed by atoms with Crippen LogP contribution in [0.3, 0.4) is 0 Å². The Bertz CT molecular complexity index is 329. The first-order valence-electron chi connectivity index (χ1n) is 5.19. The number of likely N-dealkylation sites (N-methyl/N-ethyl adjacent to an activating group) is 1. The molecule has 0 saturated carbocycles. The Hall–Kier alpha value is -1.06. The third kappa shape index (κ3) is 4.64. The van der Waals surface area contributed by atoms with Crippen molar-refractivity contribution in [3.8, 4) is 0 Å². The molecule has 0 spiro atoms. The van der Waals surface area contributed by atoms with Gasteiger partial charge in [0, 0.05) is 13.1 Å².